The smallest absolute Gasteiger partial charge is 0.263 e. The van der Waals surface area contributed by atoms with Crippen LogP contribution in [0.25, 0.3) is 10.1 Å². The first-order valence-corrected chi connectivity index (χ1v) is 7.10. The predicted molar refractivity (Wildman–Crippen MR) is 78.0 cm³/mol. The van der Waals surface area contributed by atoms with Gasteiger partial charge in [0.2, 0.25) is 0 Å². The van der Waals surface area contributed by atoms with E-state index < -0.39 is 0 Å². The lowest BCUT2D eigenvalue weighted by Gasteiger charge is -2.09. The van der Waals surface area contributed by atoms with Gasteiger partial charge in [-0.25, -0.2) is 4.39 Å². The van der Waals surface area contributed by atoms with E-state index in [-0.39, 0.29) is 11.7 Å². The Bertz CT molecular complexity index is 609. The third-order valence-corrected chi connectivity index (χ3v) is 4.39. The maximum Gasteiger partial charge on any atom is 0.263 e. The Labute approximate surface area is 115 Å². The van der Waals surface area contributed by atoms with Crippen molar-refractivity contribution in [1.82, 2.24) is 5.32 Å². The van der Waals surface area contributed by atoms with E-state index in [2.05, 4.69) is 19.2 Å². The van der Waals surface area contributed by atoms with Crippen molar-refractivity contribution in [2.24, 2.45) is 5.92 Å². The normalized spacial score (nSPS) is 12.6. The number of carbonyl (C=O) groups is 1. The number of carbonyl (C=O) groups excluding carboxylic acids is 1. The predicted octanol–water partition coefficient (Wildman–Crippen LogP) is 3.40. The zero-order chi connectivity index (χ0) is 14.0. The van der Waals surface area contributed by atoms with Gasteiger partial charge in [0.05, 0.1) is 5.69 Å². The van der Waals surface area contributed by atoms with E-state index in [4.69, 9.17) is 5.73 Å². The van der Waals surface area contributed by atoms with Crippen LogP contribution in [0, 0.1) is 11.7 Å². The first-order valence-electron chi connectivity index (χ1n) is 6.28. The highest BCUT2D eigenvalue weighted by Crippen LogP contribution is 2.33. The first-order chi connectivity index (χ1) is 9.02. The fourth-order valence-corrected chi connectivity index (χ4v) is 2.77. The molecule has 19 heavy (non-hydrogen) atoms. The van der Waals surface area contributed by atoms with Gasteiger partial charge < -0.3 is 11.1 Å². The second kappa shape index (κ2) is 5.57. The molecule has 1 aromatic carbocycles. The fraction of sp³-hybridized carbons (Fsp3) is 0.357. The van der Waals surface area contributed by atoms with Gasteiger partial charge in [-0.1, -0.05) is 20.3 Å². The molecule has 102 valence electrons. The number of rotatable bonds is 4. The Morgan fingerprint density at radius 3 is 2.95 bits per heavy atom. The molecule has 1 aromatic heterocycles. The highest BCUT2D eigenvalue weighted by molar-refractivity contribution is 7.21. The van der Waals surface area contributed by atoms with Crippen LogP contribution in [0.3, 0.4) is 0 Å². The first kappa shape index (κ1) is 13.8. The van der Waals surface area contributed by atoms with Crippen molar-refractivity contribution in [3.8, 4) is 0 Å². The fourth-order valence-electron chi connectivity index (χ4n) is 1.75. The molecule has 0 saturated heterocycles. The average molecular weight is 280 g/mol. The lowest BCUT2D eigenvalue weighted by atomic mass is 10.1. The average Bonchev–Trinajstić information content (AvgIpc) is 2.73. The van der Waals surface area contributed by atoms with Crippen LogP contribution >= 0.6 is 11.3 Å². The summed E-state index contributed by atoms with van der Waals surface area (Å²) >= 11 is 1.30. The summed E-state index contributed by atoms with van der Waals surface area (Å²) in [5.41, 5.74) is 6.29. The van der Waals surface area contributed by atoms with E-state index in [1.165, 1.54) is 23.5 Å². The number of hydrogen-bond acceptors (Lipinski definition) is 3. The third kappa shape index (κ3) is 2.87. The van der Waals surface area contributed by atoms with Crippen molar-refractivity contribution in [3.05, 3.63) is 28.9 Å². The summed E-state index contributed by atoms with van der Waals surface area (Å²) in [6.07, 6.45) is 1.01. The zero-order valence-corrected chi connectivity index (χ0v) is 11.8. The molecule has 1 atom stereocenters. The van der Waals surface area contributed by atoms with Gasteiger partial charge in [-0.3, -0.25) is 4.79 Å². The highest BCUT2D eigenvalue weighted by atomic mass is 32.1. The van der Waals surface area contributed by atoms with Crippen LogP contribution in [0.15, 0.2) is 18.2 Å². The third-order valence-electron chi connectivity index (χ3n) is 3.20. The molecule has 0 saturated carbocycles. The summed E-state index contributed by atoms with van der Waals surface area (Å²) in [5, 5.41) is 3.47. The van der Waals surface area contributed by atoms with Crippen molar-refractivity contribution in [2.45, 2.75) is 20.3 Å². The van der Waals surface area contributed by atoms with Gasteiger partial charge >= 0.3 is 0 Å². The summed E-state index contributed by atoms with van der Waals surface area (Å²) in [6.45, 7) is 4.77. The zero-order valence-electron chi connectivity index (χ0n) is 11.0. The minimum Gasteiger partial charge on any atom is -0.397 e. The number of amides is 1. The van der Waals surface area contributed by atoms with Gasteiger partial charge in [0, 0.05) is 16.6 Å². The Balaban J connectivity index is 2.25. The van der Waals surface area contributed by atoms with E-state index in [9.17, 15) is 9.18 Å². The van der Waals surface area contributed by atoms with E-state index in [0.29, 0.717) is 28.4 Å². The molecule has 2 aromatic rings. The van der Waals surface area contributed by atoms with Crippen LogP contribution in [0.4, 0.5) is 10.1 Å². The molecule has 0 bridgehead atoms. The van der Waals surface area contributed by atoms with Crippen LogP contribution in [0.5, 0.6) is 0 Å². The molecule has 0 spiro atoms. The second-order valence-electron chi connectivity index (χ2n) is 4.71. The summed E-state index contributed by atoms with van der Waals surface area (Å²) in [5.74, 6) is -0.0973. The van der Waals surface area contributed by atoms with Gasteiger partial charge in [-0.15, -0.1) is 11.3 Å². The molecule has 2 rings (SSSR count). The van der Waals surface area contributed by atoms with Crippen molar-refractivity contribution >= 4 is 33.0 Å². The molecule has 1 unspecified atom stereocenters. The Kier molecular flexibility index (Phi) is 4.04. The molecule has 0 aliphatic heterocycles. The number of fused-ring (bicyclic) bond motifs is 1. The van der Waals surface area contributed by atoms with Crippen molar-refractivity contribution in [3.63, 3.8) is 0 Å². The molecule has 0 aliphatic carbocycles. The van der Waals surface area contributed by atoms with Gasteiger partial charge in [-0.05, 0) is 24.1 Å². The molecule has 1 amide bonds. The number of nitrogen functional groups attached to an aromatic ring is 1. The van der Waals surface area contributed by atoms with Crippen LogP contribution < -0.4 is 11.1 Å². The van der Waals surface area contributed by atoms with Crippen molar-refractivity contribution in [1.29, 1.82) is 0 Å². The molecule has 3 nitrogen and oxygen atoms in total. The molecular formula is C14H17FN2OS. The minimum atomic E-state index is -0.344. The number of benzene rings is 1. The molecule has 0 fully saturated rings. The van der Waals surface area contributed by atoms with Gasteiger partial charge in [0.25, 0.3) is 5.91 Å². The number of thiophene rings is 1. The van der Waals surface area contributed by atoms with Gasteiger partial charge in [0.1, 0.15) is 10.7 Å². The molecule has 1 heterocycles. The van der Waals surface area contributed by atoms with E-state index in [1.54, 1.807) is 6.07 Å². The van der Waals surface area contributed by atoms with Crippen LogP contribution in [0.2, 0.25) is 0 Å². The number of hydrogen-bond donors (Lipinski definition) is 2. The monoisotopic (exact) mass is 280 g/mol. The van der Waals surface area contributed by atoms with Crippen LogP contribution in [-0.4, -0.2) is 12.5 Å². The standard InChI is InChI=1S/C14H17FN2OS/c1-3-8(2)7-17-14(18)13-12(16)10-6-9(15)4-5-11(10)19-13/h4-6,8H,3,7,16H2,1-2H3,(H,17,18). The van der Waals surface area contributed by atoms with Crippen molar-refractivity contribution < 1.29 is 9.18 Å². The van der Waals surface area contributed by atoms with E-state index >= 15 is 0 Å². The second-order valence-corrected chi connectivity index (χ2v) is 5.76. The lowest BCUT2D eigenvalue weighted by Crippen LogP contribution is -2.27. The van der Waals surface area contributed by atoms with Gasteiger partial charge in [-0.2, -0.15) is 0 Å². The number of anilines is 1. The molecule has 5 heteroatoms. The molecule has 3 N–H and O–H groups in total. The van der Waals surface area contributed by atoms with Crippen LogP contribution in [0.1, 0.15) is 29.9 Å². The van der Waals surface area contributed by atoms with E-state index in [1.807, 2.05) is 0 Å². The summed E-state index contributed by atoms with van der Waals surface area (Å²) in [4.78, 5) is 12.5. The molecule has 0 aliphatic rings. The van der Waals surface area contributed by atoms with Gasteiger partial charge in [0.15, 0.2) is 0 Å². The summed E-state index contributed by atoms with van der Waals surface area (Å²) in [7, 11) is 0. The topological polar surface area (TPSA) is 55.1 Å². The molecule has 0 radical (unpaired) electrons. The van der Waals surface area contributed by atoms with E-state index in [0.717, 1.165) is 11.1 Å². The number of halogens is 1. The highest BCUT2D eigenvalue weighted by Gasteiger charge is 2.16. The number of nitrogens with one attached hydrogen (secondary N) is 1. The lowest BCUT2D eigenvalue weighted by molar-refractivity contribution is 0.0953. The SMILES string of the molecule is CCC(C)CNC(=O)c1sc2ccc(F)cc2c1N. The largest absolute Gasteiger partial charge is 0.397 e. The Morgan fingerprint density at radius 2 is 2.26 bits per heavy atom. The molecular weight excluding hydrogens is 263 g/mol. The summed E-state index contributed by atoms with van der Waals surface area (Å²) in [6, 6.07) is 4.39. The maximum atomic E-state index is 13.2. The summed E-state index contributed by atoms with van der Waals surface area (Å²) < 4.78 is 14.0. The Morgan fingerprint density at radius 1 is 1.53 bits per heavy atom. The minimum absolute atomic E-state index is 0.181. The quantitative estimate of drug-likeness (QED) is 0.902. The van der Waals surface area contributed by atoms with Crippen LogP contribution in [-0.2, 0) is 0 Å². The number of nitrogens with two attached hydrogens (primary N) is 1. The maximum absolute atomic E-state index is 13.2. The van der Waals surface area contributed by atoms with Crippen molar-refractivity contribution in [2.75, 3.05) is 12.3 Å². The Hall–Kier alpha value is -1.62.